The summed E-state index contributed by atoms with van der Waals surface area (Å²) < 4.78 is 0. The minimum atomic E-state index is -0.680. The minimum absolute atomic E-state index is 0.110. The molecule has 1 aliphatic rings. The fourth-order valence-corrected chi connectivity index (χ4v) is 2.91. The van der Waals surface area contributed by atoms with Crippen LogP contribution in [0.25, 0.3) is 0 Å². The number of nitro groups is 1. The van der Waals surface area contributed by atoms with Crippen molar-refractivity contribution in [1.82, 2.24) is 5.32 Å². The van der Waals surface area contributed by atoms with Crippen molar-refractivity contribution in [3.8, 4) is 5.75 Å². The maximum atomic E-state index is 12.2. The SMILES string of the molecule is CC1(C)CCCC(NC(=O)c2ccc([N+](=O)[O-])c(O)c2)C1. The van der Waals surface area contributed by atoms with E-state index >= 15 is 0 Å². The lowest BCUT2D eigenvalue weighted by Crippen LogP contribution is -2.40. The largest absolute Gasteiger partial charge is 0.502 e. The van der Waals surface area contributed by atoms with Gasteiger partial charge < -0.3 is 10.4 Å². The van der Waals surface area contributed by atoms with Crippen LogP contribution in [0.15, 0.2) is 18.2 Å². The highest BCUT2D eigenvalue weighted by atomic mass is 16.6. The van der Waals surface area contributed by atoms with Crippen molar-refractivity contribution < 1.29 is 14.8 Å². The van der Waals surface area contributed by atoms with Crippen molar-refractivity contribution in [2.24, 2.45) is 5.41 Å². The van der Waals surface area contributed by atoms with Crippen LogP contribution in [-0.4, -0.2) is 22.0 Å². The first-order valence-corrected chi connectivity index (χ1v) is 7.07. The van der Waals surface area contributed by atoms with Gasteiger partial charge in [-0.2, -0.15) is 0 Å². The van der Waals surface area contributed by atoms with Crippen molar-refractivity contribution in [2.45, 2.75) is 45.6 Å². The fourth-order valence-electron chi connectivity index (χ4n) is 2.91. The molecule has 1 aliphatic carbocycles. The van der Waals surface area contributed by atoms with E-state index in [1.807, 2.05) is 0 Å². The number of amides is 1. The normalized spacial score (nSPS) is 20.8. The number of nitrogens with one attached hydrogen (secondary N) is 1. The van der Waals surface area contributed by atoms with E-state index in [2.05, 4.69) is 19.2 Å². The summed E-state index contributed by atoms with van der Waals surface area (Å²) in [6.07, 6.45) is 4.08. The number of hydrogen-bond acceptors (Lipinski definition) is 4. The third kappa shape index (κ3) is 3.71. The number of nitrogens with zero attached hydrogens (tertiary/aromatic N) is 1. The smallest absolute Gasteiger partial charge is 0.310 e. The third-order valence-electron chi connectivity index (χ3n) is 3.97. The summed E-state index contributed by atoms with van der Waals surface area (Å²) in [4.78, 5) is 22.1. The van der Waals surface area contributed by atoms with E-state index in [4.69, 9.17) is 0 Å². The van der Waals surface area contributed by atoms with E-state index in [9.17, 15) is 20.0 Å². The van der Waals surface area contributed by atoms with Gasteiger partial charge in [0, 0.05) is 17.7 Å². The molecule has 1 saturated carbocycles. The Hall–Kier alpha value is -2.11. The molecule has 6 heteroatoms. The summed E-state index contributed by atoms with van der Waals surface area (Å²) in [7, 11) is 0. The van der Waals surface area contributed by atoms with Gasteiger partial charge in [0.1, 0.15) is 0 Å². The van der Waals surface area contributed by atoms with Crippen molar-refractivity contribution in [3.05, 3.63) is 33.9 Å². The summed E-state index contributed by atoms with van der Waals surface area (Å²) in [5.74, 6) is -0.792. The molecule has 21 heavy (non-hydrogen) atoms. The molecule has 1 unspecified atom stereocenters. The maximum Gasteiger partial charge on any atom is 0.310 e. The molecule has 0 radical (unpaired) electrons. The lowest BCUT2D eigenvalue weighted by Gasteiger charge is -2.35. The topological polar surface area (TPSA) is 92.5 Å². The molecule has 0 aromatic heterocycles. The number of aromatic hydroxyl groups is 1. The van der Waals surface area contributed by atoms with Crippen molar-refractivity contribution >= 4 is 11.6 Å². The Morgan fingerprint density at radius 1 is 1.48 bits per heavy atom. The number of phenols is 1. The molecule has 0 saturated heterocycles. The summed E-state index contributed by atoms with van der Waals surface area (Å²) >= 11 is 0. The zero-order chi connectivity index (χ0) is 15.6. The van der Waals surface area contributed by atoms with Crippen molar-refractivity contribution in [2.75, 3.05) is 0 Å². The first-order valence-electron chi connectivity index (χ1n) is 7.07. The van der Waals surface area contributed by atoms with Crippen molar-refractivity contribution in [3.63, 3.8) is 0 Å². The van der Waals surface area contributed by atoms with Gasteiger partial charge in [0.05, 0.1) is 4.92 Å². The predicted octanol–water partition coefficient (Wildman–Crippen LogP) is 3.00. The highest BCUT2D eigenvalue weighted by molar-refractivity contribution is 5.95. The summed E-state index contributed by atoms with van der Waals surface area (Å²) in [5, 5.41) is 23.2. The van der Waals surface area contributed by atoms with Gasteiger partial charge in [-0.25, -0.2) is 0 Å². The summed E-state index contributed by atoms with van der Waals surface area (Å²) in [5.41, 5.74) is 0.0557. The molecule has 0 spiro atoms. The number of benzene rings is 1. The Morgan fingerprint density at radius 2 is 2.19 bits per heavy atom. The van der Waals surface area contributed by atoms with Crippen LogP contribution in [0.5, 0.6) is 5.75 Å². The van der Waals surface area contributed by atoms with Crippen LogP contribution in [0.3, 0.4) is 0 Å². The molecule has 0 aliphatic heterocycles. The maximum absolute atomic E-state index is 12.2. The van der Waals surface area contributed by atoms with Gasteiger partial charge in [-0.3, -0.25) is 14.9 Å². The van der Waals surface area contributed by atoms with Crippen LogP contribution in [0.4, 0.5) is 5.69 Å². The Morgan fingerprint density at radius 3 is 2.76 bits per heavy atom. The van der Waals surface area contributed by atoms with Gasteiger partial charge in [0.2, 0.25) is 0 Å². The summed E-state index contributed by atoms with van der Waals surface area (Å²) in [6, 6.07) is 3.76. The van der Waals surface area contributed by atoms with Crippen LogP contribution in [0, 0.1) is 15.5 Å². The van der Waals surface area contributed by atoms with Crippen LogP contribution in [0.1, 0.15) is 49.9 Å². The van der Waals surface area contributed by atoms with E-state index in [0.29, 0.717) is 0 Å². The van der Waals surface area contributed by atoms with Gasteiger partial charge in [0.15, 0.2) is 5.75 Å². The molecule has 0 heterocycles. The second kappa shape index (κ2) is 5.71. The van der Waals surface area contributed by atoms with Gasteiger partial charge in [-0.05, 0) is 36.8 Å². The first-order chi connectivity index (χ1) is 9.78. The molecule has 114 valence electrons. The Kier molecular flexibility index (Phi) is 4.16. The quantitative estimate of drug-likeness (QED) is 0.661. The first kappa shape index (κ1) is 15.3. The number of hydrogen-bond donors (Lipinski definition) is 2. The van der Waals surface area contributed by atoms with E-state index in [0.717, 1.165) is 37.8 Å². The van der Waals surface area contributed by atoms with Gasteiger partial charge in [0.25, 0.3) is 5.91 Å². The molecule has 1 atom stereocenters. The molecular weight excluding hydrogens is 272 g/mol. The van der Waals surface area contributed by atoms with Gasteiger partial charge >= 0.3 is 5.69 Å². The average Bonchev–Trinajstić information content (AvgIpc) is 2.36. The Balaban J connectivity index is 2.07. The van der Waals surface area contributed by atoms with Crippen LogP contribution in [-0.2, 0) is 0 Å². The Labute approximate surface area is 123 Å². The van der Waals surface area contributed by atoms with Gasteiger partial charge in [-0.1, -0.05) is 20.3 Å². The molecule has 6 nitrogen and oxygen atoms in total. The van der Waals surface area contributed by atoms with E-state index in [1.165, 1.54) is 6.07 Å². The van der Waals surface area contributed by atoms with E-state index < -0.39 is 16.4 Å². The highest BCUT2D eigenvalue weighted by Crippen LogP contribution is 2.35. The second-order valence-electron chi connectivity index (χ2n) is 6.39. The number of carbonyl (C=O) groups excluding carboxylic acids is 1. The molecular formula is C15H20N2O4. The van der Waals surface area contributed by atoms with E-state index in [1.54, 1.807) is 0 Å². The average molecular weight is 292 g/mol. The highest BCUT2D eigenvalue weighted by Gasteiger charge is 2.29. The Bertz CT molecular complexity index is 569. The predicted molar refractivity (Wildman–Crippen MR) is 78.3 cm³/mol. The molecule has 1 aromatic rings. The zero-order valence-corrected chi connectivity index (χ0v) is 12.3. The lowest BCUT2D eigenvalue weighted by atomic mass is 9.75. The van der Waals surface area contributed by atoms with Crippen LogP contribution >= 0.6 is 0 Å². The summed E-state index contributed by atoms with van der Waals surface area (Å²) in [6.45, 7) is 4.37. The zero-order valence-electron chi connectivity index (χ0n) is 12.3. The van der Waals surface area contributed by atoms with Crippen molar-refractivity contribution in [1.29, 1.82) is 0 Å². The lowest BCUT2D eigenvalue weighted by molar-refractivity contribution is -0.385. The van der Waals surface area contributed by atoms with Crippen LogP contribution < -0.4 is 5.32 Å². The molecule has 2 rings (SSSR count). The standard InChI is InChI=1S/C15H20N2O4/c1-15(2)7-3-4-11(9-15)16-14(19)10-5-6-12(17(20)21)13(18)8-10/h5-6,8,11,18H,3-4,7,9H2,1-2H3,(H,16,19). The number of phenolic OH excluding ortho intramolecular Hbond substituents is 1. The number of rotatable bonds is 3. The monoisotopic (exact) mass is 292 g/mol. The molecule has 1 fully saturated rings. The van der Waals surface area contributed by atoms with Gasteiger partial charge in [-0.15, -0.1) is 0 Å². The molecule has 1 amide bonds. The fraction of sp³-hybridized carbons (Fsp3) is 0.533. The minimum Gasteiger partial charge on any atom is -0.502 e. The van der Waals surface area contributed by atoms with Crippen LogP contribution in [0.2, 0.25) is 0 Å². The molecule has 1 aromatic carbocycles. The van der Waals surface area contributed by atoms with E-state index in [-0.39, 0.29) is 22.9 Å². The number of nitro benzene ring substituents is 1. The molecule has 0 bridgehead atoms. The second-order valence-corrected chi connectivity index (χ2v) is 6.39. The number of carbonyl (C=O) groups is 1. The third-order valence-corrected chi connectivity index (χ3v) is 3.97. The molecule has 2 N–H and O–H groups in total.